The number of rotatable bonds is 10. The molecule has 2 fully saturated rings. The highest BCUT2D eigenvalue weighted by Gasteiger charge is 2.46. The lowest BCUT2D eigenvalue weighted by Gasteiger charge is -2.24. The molecule has 2 aliphatic rings. The number of hydrogen-bond donors (Lipinski definition) is 1. The summed E-state index contributed by atoms with van der Waals surface area (Å²) in [6.07, 6.45) is 7.85. The second-order valence-electron chi connectivity index (χ2n) is 11.6. The van der Waals surface area contributed by atoms with Crippen molar-refractivity contribution in [3.63, 3.8) is 0 Å². The predicted octanol–water partition coefficient (Wildman–Crippen LogP) is 5.24. The molecule has 3 aromatic rings. The second-order valence-corrected chi connectivity index (χ2v) is 13.5. The van der Waals surface area contributed by atoms with Crippen LogP contribution in [0.15, 0.2) is 42.5 Å². The van der Waals surface area contributed by atoms with Crippen LogP contribution in [-0.4, -0.2) is 57.5 Å². The summed E-state index contributed by atoms with van der Waals surface area (Å²) in [5.41, 5.74) is 4.28. The number of fused-ring (bicyclic) bond motifs is 1. The van der Waals surface area contributed by atoms with Crippen LogP contribution in [0.3, 0.4) is 0 Å². The van der Waals surface area contributed by atoms with E-state index in [1.807, 2.05) is 18.2 Å². The van der Waals surface area contributed by atoms with Gasteiger partial charge in [-0.2, -0.15) is 12.7 Å². The van der Waals surface area contributed by atoms with E-state index in [4.69, 9.17) is 9.47 Å². The molecule has 220 valence electrons. The Kier molecular flexibility index (Phi) is 8.16. The Morgan fingerprint density at radius 2 is 1.71 bits per heavy atom. The van der Waals surface area contributed by atoms with Crippen LogP contribution in [-0.2, 0) is 26.3 Å². The largest absolute Gasteiger partial charge is 0.497 e. The zero-order valence-corrected chi connectivity index (χ0v) is 25.1. The molecule has 41 heavy (non-hydrogen) atoms. The second kappa shape index (κ2) is 11.5. The standard InChI is InChI=1S/C31H39N3O6S/c1-33(2)41(37,38)32-30(36)23-12-15-25-26(18-23)34(20-31(16-17-31)19-27(35)40-4)29(22-10-13-24(39-3)14-11-22)28(25)21-8-6-5-7-9-21/h10-15,18,21H,5-9,16-17,19-20H2,1-4H3,(H,32,36). The molecule has 1 heterocycles. The number of aromatic nitrogens is 1. The minimum Gasteiger partial charge on any atom is -0.497 e. The molecule has 2 saturated carbocycles. The van der Waals surface area contributed by atoms with E-state index in [0.29, 0.717) is 18.9 Å². The summed E-state index contributed by atoms with van der Waals surface area (Å²) in [5.74, 6) is 0.205. The van der Waals surface area contributed by atoms with Gasteiger partial charge in [-0.1, -0.05) is 25.3 Å². The highest BCUT2D eigenvalue weighted by Crippen LogP contribution is 2.53. The number of esters is 1. The number of carbonyl (C=O) groups is 2. The van der Waals surface area contributed by atoms with Gasteiger partial charge in [-0.25, -0.2) is 4.72 Å². The van der Waals surface area contributed by atoms with Crippen LogP contribution < -0.4 is 9.46 Å². The van der Waals surface area contributed by atoms with Crippen molar-refractivity contribution in [2.24, 2.45) is 5.41 Å². The number of hydrogen-bond acceptors (Lipinski definition) is 6. The normalized spacial score (nSPS) is 17.0. The summed E-state index contributed by atoms with van der Waals surface area (Å²) >= 11 is 0. The van der Waals surface area contributed by atoms with Crippen molar-refractivity contribution in [2.75, 3.05) is 28.3 Å². The summed E-state index contributed by atoms with van der Waals surface area (Å²) in [6, 6.07) is 13.5. The van der Waals surface area contributed by atoms with Gasteiger partial charge in [-0.3, -0.25) is 9.59 Å². The molecule has 9 nitrogen and oxygen atoms in total. The molecule has 1 amide bonds. The van der Waals surface area contributed by atoms with E-state index in [2.05, 4.69) is 21.4 Å². The molecular weight excluding hydrogens is 542 g/mol. The van der Waals surface area contributed by atoms with Gasteiger partial charge in [0, 0.05) is 37.1 Å². The number of benzene rings is 2. The van der Waals surface area contributed by atoms with Gasteiger partial charge in [0.1, 0.15) is 5.75 Å². The molecule has 1 N–H and O–H groups in total. The molecule has 2 aliphatic carbocycles. The van der Waals surface area contributed by atoms with Crippen molar-refractivity contribution in [2.45, 2.75) is 63.8 Å². The van der Waals surface area contributed by atoms with Crippen LogP contribution in [0.25, 0.3) is 22.2 Å². The van der Waals surface area contributed by atoms with Crippen molar-refractivity contribution in [3.8, 4) is 17.0 Å². The van der Waals surface area contributed by atoms with Gasteiger partial charge < -0.3 is 14.0 Å². The average molecular weight is 582 g/mol. The number of nitrogens with one attached hydrogen (secondary N) is 1. The molecular formula is C31H39N3O6S. The van der Waals surface area contributed by atoms with Gasteiger partial charge in [-0.05, 0) is 84.5 Å². The fourth-order valence-electron chi connectivity index (χ4n) is 6.10. The van der Waals surface area contributed by atoms with Crippen molar-refractivity contribution < 1.29 is 27.5 Å². The maximum absolute atomic E-state index is 13.1. The van der Waals surface area contributed by atoms with Gasteiger partial charge in [0.15, 0.2) is 0 Å². The van der Waals surface area contributed by atoms with Crippen molar-refractivity contribution in [3.05, 3.63) is 53.6 Å². The fraction of sp³-hybridized carbons (Fsp3) is 0.484. The lowest BCUT2D eigenvalue weighted by Crippen LogP contribution is -2.39. The maximum atomic E-state index is 13.1. The molecule has 0 saturated heterocycles. The topological polar surface area (TPSA) is 107 Å². The molecule has 0 radical (unpaired) electrons. The Bertz CT molecular complexity index is 1550. The zero-order chi connectivity index (χ0) is 29.4. The monoisotopic (exact) mass is 581 g/mol. The average Bonchev–Trinajstić information content (AvgIpc) is 3.65. The maximum Gasteiger partial charge on any atom is 0.306 e. The zero-order valence-electron chi connectivity index (χ0n) is 24.2. The van der Waals surface area contributed by atoms with E-state index in [9.17, 15) is 18.0 Å². The highest BCUT2D eigenvalue weighted by atomic mass is 32.2. The minimum absolute atomic E-state index is 0.226. The summed E-state index contributed by atoms with van der Waals surface area (Å²) < 4.78 is 40.7. The number of carbonyl (C=O) groups excluding carboxylic acids is 2. The van der Waals surface area contributed by atoms with Gasteiger partial charge in [-0.15, -0.1) is 0 Å². The van der Waals surface area contributed by atoms with E-state index >= 15 is 0 Å². The lowest BCUT2D eigenvalue weighted by molar-refractivity contribution is -0.142. The van der Waals surface area contributed by atoms with Crippen molar-refractivity contribution in [1.29, 1.82) is 0 Å². The van der Waals surface area contributed by atoms with Crippen LogP contribution in [0.5, 0.6) is 5.75 Å². The van der Waals surface area contributed by atoms with Crippen LogP contribution in [0.1, 0.15) is 73.2 Å². The quantitative estimate of drug-likeness (QED) is 0.328. The molecule has 1 aromatic heterocycles. The fourth-order valence-corrected chi connectivity index (χ4v) is 6.63. The molecule has 0 atom stereocenters. The van der Waals surface area contributed by atoms with Crippen LogP contribution in [0.2, 0.25) is 0 Å². The third kappa shape index (κ3) is 5.99. The Balaban J connectivity index is 1.71. The number of ether oxygens (including phenoxy) is 2. The Labute approximate surface area is 242 Å². The van der Waals surface area contributed by atoms with Crippen molar-refractivity contribution >= 4 is 33.0 Å². The van der Waals surface area contributed by atoms with Crippen LogP contribution in [0, 0.1) is 5.41 Å². The van der Waals surface area contributed by atoms with Gasteiger partial charge in [0.25, 0.3) is 5.91 Å². The molecule has 0 unspecified atom stereocenters. The lowest BCUT2D eigenvalue weighted by atomic mass is 9.81. The Hall–Kier alpha value is -3.37. The SMILES string of the molecule is COC(=O)CC1(Cn2c(-c3ccc(OC)cc3)c(C3CCCCC3)c3ccc(C(=O)NS(=O)(=O)N(C)C)cc32)CC1. The summed E-state index contributed by atoms with van der Waals surface area (Å²) in [6.45, 7) is 0.591. The number of amides is 1. The van der Waals surface area contributed by atoms with Gasteiger partial charge in [0.05, 0.1) is 26.3 Å². The van der Waals surface area contributed by atoms with Gasteiger partial charge >= 0.3 is 16.2 Å². The molecule has 5 rings (SSSR count). The van der Waals surface area contributed by atoms with E-state index in [1.165, 1.54) is 33.2 Å². The third-order valence-corrected chi connectivity index (χ3v) is 10.0. The van der Waals surface area contributed by atoms with E-state index in [1.54, 1.807) is 19.2 Å². The smallest absolute Gasteiger partial charge is 0.306 e. The highest BCUT2D eigenvalue weighted by molar-refractivity contribution is 7.87. The molecule has 0 aliphatic heterocycles. The Morgan fingerprint density at radius 3 is 2.29 bits per heavy atom. The van der Waals surface area contributed by atoms with Crippen molar-refractivity contribution in [1.82, 2.24) is 13.6 Å². The summed E-state index contributed by atoms with van der Waals surface area (Å²) in [7, 11) is 1.86. The van der Waals surface area contributed by atoms with E-state index in [-0.39, 0.29) is 16.9 Å². The first kappa shape index (κ1) is 29.1. The number of nitrogens with zero attached hydrogens (tertiary/aromatic N) is 2. The summed E-state index contributed by atoms with van der Waals surface area (Å²) in [5, 5.41) is 1.06. The van der Waals surface area contributed by atoms with Gasteiger partial charge in [0.2, 0.25) is 0 Å². The number of methoxy groups -OCH3 is 2. The van der Waals surface area contributed by atoms with E-state index in [0.717, 1.165) is 70.7 Å². The molecule has 10 heteroatoms. The van der Waals surface area contributed by atoms with Crippen LogP contribution in [0.4, 0.5) is 0 Å². The van der Waals surface area contributed by atoms with E-state index < -0.39 is 16.1 Å². The first-order valence-corrected chi connectivity index (χ1v) is 15.6. The minimum atomic E-state index is -3.95. The summed E-state index contributed by atoms with van der Waals surface area (Å²) in [4.78, 5) is 25.5. The molecule has 2 aromatic carbocycles. The molecule has 0 spiro atoms. The van der Waals surface area contributed by atoms with Crippen LogP contribution >= 0.6 is 0 Å². The first-order chi connectivity index (χ1) is 19.6. The Morgan fingerprint density at radius 1 is 1.02 bits per heavy atom. The first-order valence-electron chi connectivity index (χ1n) is 14.2. The third-order valence-electron chi connectivity index (χ3n) is 8.64. The molecule has 0 bridgehead atoms. The predicted molar refractivity (Wildman–Crippen MR) is 158 cm³/mol.